The van der Waals surface area contributed by atoms with Crippen molar-refractivity contribution in [3.63, 3.8) is 0 Å². The predicted octanol–water partition coefficient (Wildman–Crippen LogP) is 9.97. The van der Waals surface area contributed by atoms with E-state index in [0.29, 0.717) is 50.2 Å². The fourth-order valence-electron chi connectivity index (χ4n) is 5.80. The van der Waals surface area contributed by atoms with Gasteiger partial charge in [-0.1, -0.05) is 12.2 Å². The van der Waals surface area contributed by atoms with Crippen LogP contribution < -0.4 is 0 Å². The molecule has 0 radical (unpaired) electrons. The van der Waals surface area contributed by atoms with Crippen LogP contribution in [0.5, 0.6) is 0 Å². The minimum Gasteiger partial charge on any atom is -0.464 e. The lowest BCUT2D eigenvalue weighted by Gasteiger charge is -2.26. The Morgan fingerprint density at radius 2 is 1.21 bits per heavy atom. The van der Waals surface area contributed by atoms with Crippen LogP contribution in [0.3, 0.4) is 0 Å². The average Bonchev–Trinajstić information content (AvgIpc) is 3.49. The quantitative estimate of drug-likeness (QED) is 0.212. The Labute approximate surface area is 279 Å². The van der Waals surface area contributed by atoms with E-state index in [2.05, 4.69) is 6.08 Å². The van der Waals surface area contributed by atoms with Crippen LogP contribution in [0.4, 0.5) is 18.4 Å². The molecule has 48 heavy (non-hydrogen) atoms. The van der Waals surface area contributed by atoms with E-state index in [0.717, 1.165) is 45.9 Å². The summed E-state index contributed by atoms with van der Waals surface area (Å²) in [5.41, 5.74) is 3.88. The second-order valence-electron chi connectivity index (χ2n) is 14.1. The summed E-state index contributed by atoms with van der Waals surface area (Å²) in [6.45, 7) is 13.3. The first-order valence-corrected chi connectivity index (χ1v) is 16.3. The Morgan fingerprint density at radius 1 is 0.688 bits per heavy atom. The monoisotopic (exact) mass is 662 g/mol. The highest BCUT2D eigenvalue weighted by molar-refractivity contribution is 5.91. The van der Waals surface area contributed by atoms with Gasteiger partial charge in [-0.15, -0.1) is 0 Å². The van der Waals surface area contributed by atoms with Gasteiger partial charge in [0.1, 0.15) is 34.0 Å². The normalized spacial score (nSPS) is 16.0. The molecule has 0 fully saturated rings. The molecule has 0 atom stereocenters. The molecule has 0 aliphatic carbocycles. The second kappa shape index (κ2) is 14.3. The van der Waals surface area contributed by atoms with Crippen LogP contribution in [0.2, 0.25) is 0 Å². The van der Waals surface area contributed by atoms with Gasteiger partial charge in [0.15, 0.2) is 0 Å². The Bertz CT molecular complexity index is 1840. The van der Waals surface area contributed by atoms with Gasteiger partial charge in [-0.25, -0.2) is 18.4 Å². The van der Waals surface area contributed by atoms with Crippen molar-refractivity contribution in [1.29, 1.82) is 0 Å². The summed E-state index contributed by atoms with van der Waals surface area (Å²) < 4.78 is 49.7. The minimum atomic E-state index is -0.515. The summed E-state index contributed by atoms with van der Waals surface area (Å²) in [7, 11) is 0. The summed E-state index contributed by atoms with van der Waals surface area (Å²) in [5, 5.41) is 1.50. The molecular weight excluding hydrogens is 618 g/mol. The third kappa shape index (κ3) is 8.85. The Morgan fingerprint density at radius 3 is 1.75 bits per heavy atom. The highest BCUT2D eigenvalue weighted by Crippen LogP contribution is 2.33. The molecule has 0 N–H and O–H groups in total. The van der Waals surface area contributed by atoms with Gasteiger partial charge in [-0.2, -0.15) is 0 Å². The molecule has 4 heterocycles. The van der Waals surface area contributed by atoms with E-state index in [1.807, 2.05) is 47.6 Å². The zero-order valence-electron chi connectivity index (χ0n) is 28.5. The zero-order valence-corrected chi connectivity index (χ0v) is 28.5. The molecule has 2 amide bonds. The molecule has 10 heteroatoms. The van der Waals surface area contributed by atoms with Crippen LogP contribution in [0, 0.1) is 11.6 Å². The largest absolute Gasteiger partial charge is 0.464 e. The van der Waals surface area contributed by atoms with Crippen molar-refractivity contribution in [1.82, 2.24) is 9.80 Å². The maximum Gasteiger partial charge on any atom is 0.410 e. The van der Waals surface area contributed by atoms with E-state index in [-0.39, 0.29) is 23.8 Å². The lowest BCUT2D eigenvalue weighted by molar-refractivity contribution is 0.0254. The number of allylic oxidation sites excluding steroid dienone is 1. The molecule has 0 unspecified atom stereocenters. The number of ether oxygens (including phenoxy) is 2. The molecule has 0 saturated carbocycles. The van der Waals surface area contributed by atoms with Crippen molar-refractivity contribution >= 4 is 45.3 Å². The molecule has 0 saturated heterocycles. The van der Waals surface area contributed by atoms with E-state index < -0.39 is 11.2 Å². The van der Waals surface area contributed by atoms with Crippen LogP contribution in [-0.2, 0) is 9.47 Å². The molecule has 6 rings (SSSR count). The third-order valence-corrected chi connectivity index (χ3v) is 7.90. The molecule has 0 bridgehead atoms. The van der Waals surface area contributed by atoms with Crippen LogP contribution in [0.25, 0.3) is 33.1 Å². The van der Waals surface area contributed by atoms with Crippen molar-refractivity contribution in [3.05, 3.63) is 83.8 Å². The van der Waals surface area contributed by atoms with Gasteiger partial charge in [0.25, 0.3) is 0 Å². The molecule has 4 aromatic rings. The number of halogens is 2. The first-order valence-electron chi connectivity index (χ1n) is 16.3. The lowest BCUT2D eigenvalue weighted by Crippen LogP contribution is -2.37. The smallest absolute Gasteiger partial charge is 0.410 e. The van der Waals surface area contributed by atoms with Crippen LogP contribution in [-0.4, -0.2) is 59.4 Å². The molecular formula is C38H44F2N2O6. The highest BCUT2D eigenvalue weighted by atomic mass is 19.1. The van der Waals surface area contributed by atoms with Crippen molar-refractivity contribution < 1.29 is 36.7 Å². The molecule has 2 aliphatic rings. The summed E-state index contributed by atoms with van der Waals surface area (Å²) in [6, 6.07) is 9.44. The first kappa shape index (κ1) is 34.7. The second-order valence-corrected chi connectivity index (χ2v) is 14.1. The van der Waals surface area contributed by atoms with Gasteiger partial charge in [-0.3, -0.25) is 0 Å². The van der Waals surface area contributed by atoms with Gasteiger partial charge in [-0.05, 0) is 115 Å². The number of hydrogen-bond donors (Lipinski definition) is 0. The summed E-state index contributed by atoms with van der Waals surface area (Å²) in [4.78, 5) is 27.8. The number of hydrogen-bond acceptors (Lipinski definition) is 6. The number of carbonyl (C=O) groups excluding carboxylic acids is 2. The van der Waals surface area contributed by atoms with E-state index in [1.54, 1.807) is 34.5 Å². The van der Waals surface area contributed by atoms with Crippen molar-refractivity contribution in [2.75, 3.05) is 26.2 Å². The van der Waals surface area contributed by atoms with E-state index >= 15 is 0 Å². The number of benzene rings is 2. The van der Waals surface area contributed by atoms with E-state index in [1.165, 1.54) is 24.3 Å². The number of carbonyl (C=O) groups is 2. The molecule has 2 aromatic heterocycles. The molecule has 2 aliphatic heterocycles. The number of furan rings is 2. The van der Waals surface area contributed by atoms with Gasteiger partial charge >= 0.3 is 12.2 Å². The van der Waals surface area contributed by atoms with Crippen LogP contribution in [0.1, 0.15) is 78.4 Å². The Kier molecular flexibility index (Phi) is 10.3. The topological polar surface area (TPSA) is 85.4 Å². The SMILES string of the molecule is CC(C)(C)OC(=O)N1CC=C(c2cc(F)cc3ccoc23)CCC1.CC(C)(C)OC(=O)N1CCC=C(c2cc(F)cc3ccoc23)CC1. The van der Waals surface area contributed by atoms with Gasteiger partial charge < -0.3 is 28.1 Å². The average molecular weight is 663 g/mol. The first-order chi connectivity index (χ1) is 22.7. The minimum absolute atomic E-state index is 0.284. The number of rotatable bonds is 2. The van der Waals surface area contributed by atoms with Gasteiger partial charge in [0, 0.05) is 48.1 Å². The van der Waals surface area contributed by atoms with Gasteiger partial charge in [0.05, 0.1) is 12.5 Å². The van der Waals surface area contributed by atoms with Crippen molar-refractivity contribution in [3.8, 4) is 0 Å². The van der Waals surface area contributed by atoms with Crippen molar-refractivity contribution in [2.45, 2.75) is 78.4 Å². The third-order valence-electron chi connectivity index (χ3n) is 7.90. The molecule has 2 aromatic carbocycles. The molecule has 8 nitrogen and oxygen atoms in total. The van der Waals surface area contributed by atoms with Crippen LogP contribution in [0.15, 0.2) is 69.9 Å². The van der Waals surface area contributed by atoms with Crippen molar-refractivity contribution in [2.24, 2.45) is 0 Å². The fourth-order valence-corrected chi connectivity index (χ4v) is 5.80. The van der Waals surface area contributed by atoms with E-state index in [9.17, 15) is 18.4 Å². The number of amides is 2. The Hall–Kier alpha value is -4.60. The number of fused-ring (bicyclic) bond motifs is 2. The van der Waals surface area contributed by atoms with E-state index in [4.69, 9.17) is 18.3 Å². The Balaban J connectivity index is 0.000000188. The standard InChI is InChI=1S/2C19H22FNO3/c2*1-19(2,3)24-18(22)21-8-4-5-13(6-9-21)16-12-15(20)11-14-7-10-23-17(14)16/h6-7,10-12H,4-5,8-9H2,1-3H3;5,7,10-12H,4,6,8-9H2,1-3H3. The van der Waals surface area contributed by atoms with Crippen LogP contribution >= 0.6 is 0 Å². The van der Waals surface area contributed by atoms with Gasteiger partial charge in [0.2, 0.25) is 0 Å². The number of nitrogens with zero attached hydrogens (tertiary/aromatic N) is 2. The molecule has 256 valence electrons. The summed E-state index contributed by atoms with van der Waals surface area (Å²) in [5.74, 6) is -0.568. The fraction of sp³-hybridized carbons (Fsp3) is 0.421. The zero-order chi connectivity index (χ0) is 34.6. The lowest BCUT2D eigenvalue weighted by atomic mass is 9.99. The maximum absolute atomic E-state index is 13.9. The highest BCUT2D eigenvalue weighted by Gasteiger charge is 2.25. The molecule has 0 spiro atoms. The summed E-state index contributed by atoms with van der Waals surface area (Å²) in [6.07, 6.45) is 9.43. The summed E-state index contributed by atoms with van der Waals surface area (Å²) >= 11 is 0. The maximum atomic E-state index is 13.9. The predicted molar refractivity (Wildman–Crippen MR) is 182 cm³/mol.